The molecule has 0 spiro atoms. The number of rotatable bonds is 2. The molecule has 1 aromatic carbocycles. The highest BCUT2D eigenvalue weighted by atomic mass is 19.1. The molecule has 0 saturated carbocycles. The minimum atomic E-state index is -0.590. The van der Waals surface area contributed by atoms with Gasteiger partial charge in [-0.1, -0.05) is 23.4 Å². The molecule has 136 valence electrons. The molecule has 1 fully saturated rings. The lowest BCUT2D eigenvalue weighted by molar-refractivity contribution is 0.103. The lowest BCUT2D eigenvalue weighted by Crippen LogP contribution is -2.43. The first-order chi connectivity index (χ1) is 13.3. The molecule has 1 saturated heterocycles. The Morgan fingerprint density at radius 1 is 1.22 bits per heavy atom. The Morgan fingerprint density at radius 2 is 2.15 bits per heavy atom. The van der Waals surface area contributed by atoms with Crippen molar-refractivity contribution in [3.8, 4) is 5.69 Å². The van der Waals surface area contributed by atoms with E-state index in [9.17, 15) is 4.39 Å². The number of para-hydroxylation sites is 1. The molecule has 3 aromatic rings. The normalized spacial score (nSPS) is 22.9. The lowest BCUT2D eigenvalue weighted by Gasteiger charge is -2.35. The summed E-state index contributed by atoms with van der Waals surface area (Å²) < 4.78 is 26.9. The van der Waals surface area contributed by atoms with Crippen LogP contribution in [0.4, 0.5) is 16.2 Å². The molecule has 5 heterocycles. The van der Waals surface area contributed by atoms with Crippen molar-refractivity contribution < 1.29 is 13.7 Å². The Morgan fingerprint density at radius 3 is 3.04 bits per heavy atom. The summed E-state index contributed by atoms with van der Waals surface area (Å²) in [6.07, 6.45) is 3.82. The molecule has 2 atom stereocenters. The third-order valence-corrected chi connectivity index (χ3v) is 5.02. The summed E-state index contributed by atoms with van der Waals surface area (Å²) in [7, 11) is 0. The third kappa shape index (κ3) is 2.01. The van der Waals surface area contributed by atoms with E-state index in [1.165, 1.54) is 10.8 Å². The molecular weight excluding hydrogens is 353 g/mol. The molecule has 3 aliphatic rings. The van der Waals surface area contributed by atoms with Gasteiger partial charge in [0, 0.05) is 12.2 Å². The van der Waals surface area contributed by atoms with Crippen molar-refractivity contribution >= 4 is 18.2 Å². The van der Waals surface area contributed by atoms with Crippen LogP contribution in [0.15, 0.2) is 40.0 Å². The number of fused-ring (bicyclic) bond motifs is 6. The molecule has 0 bridgehead atoms. The van der Waals surface area contributed by atoms with Crippen LogP contribution in [-0.2, 0) is 4.74 Å². The summed E-state index contributed by atoms with van der Waals surface area (Å²) in [5.41, 5.74) is 1.58. The molecule has 0 N–H and O–H groups in total. The maximum absolute atomic E-state index is 14.4. The van der Waals surface area contributed by atoms with Gasteiger partial charge < -0.3 is 9.26 Å². The van der Waals surface area contributed by atoms with Gasteiger partial charge in [0.2, 0.25) is 5.82 Å². The first-order valence-electron chi connectivity index (χ1n) is 8.71. The van der Waals surface area contributed by atoms with Crippen LogP contribution < -0.4 is 10.0 Å². The average molecular weight is 367 g/mol. The fourth-order valence-corrected chi connectivity index (χ4v) is 3.80. The van der Waals surface area contributed by atoms with E-state index < -0.39 is 6.08 Å². The number of nitrogens with zero attached hydrogens (tertiary/aromatic N) is 7. The van der Waals surface area contributed by atoms with Gasteiger partial charge in [0.25, 0.3) is 6.08 Å². The second-order valence-electron chi connectivity index (χ2n) is 6.54. The van der Waals surface area contributed by atoms with E-state index in [4.69, 9.17) is 9.26 Å². The molecule has 0 radical (unpaired) electrons. The van der Waals surface area contributed by atoms with E-state index in [2.05, 4.69) is 20.1 Å². The summed E-state index contributed by atoms with van der Waals surface area (Å²) in [5.74, 6) is 1.04. The van der Waals surface area contributed by atoms with Crippen molar-refractivity contribution in [3.05, 3.63) is 47.9 Å². The molecule has 0 amide bonds. The average Bonchev–Trinajstić information content (AvgIpc) is 3.46. The number of aromatic nitrogens is 4. The molecule has 6 rings (SSSR count). The highest BCUT2D eigenvalue weighted by Crippen LogP contribution is 2.43. The molecule has 0 aliphatic carbocycles. The minimum Gasteiger partial charge on any atom is -0.370 e. The Kier molecular flexibility index (Phi) is 2.95. The second-order valence-corrected chi connectivity index (χ2v) is 6.54. The van der Waals surface area contributed by atoms with Gasteiger partial charge in [0.1, 0.15) is 12.4 Å². The van der Waals surface area contributed by atoms with Crippen LogP contribution in [0.3, 0.4) is 0 Å². The lowest BCUT2D eigenvalue weighted by atomic mass is 10.1. The van der Waals surface area contributed by atoms with E-state index in [0.717, 1.165) is 18.4 Å². The van der Waals surface area contributed by atoms with Crippen molar-refractivity contribution in [2.24, 2.45) is 4.99 Å². The van der Waals surface area contributed by atoms with Gasteiger partial charge in [0.05, 0.1) is 11.9 Å². The van der Waals surface area contributed by atoms with Gasteiger partial charge in [-0.15, -0.1) is 0 Å². The van der Waals surface area contributed by atoms with Gasteiger partial charge in [-0.25, -0.2) is 15.0 Å². The number of aliphatic imine (C=N–C) groups is 1. The topological polar surface area (TPSA) is 84.8 Å². The summed E-state index contributed by atoms with van der Waals surface area (Å²) in [5, 5.41) is 7.46. The quantitative estimate of drug-likeness (QED) is 0.688. The Balaban J connectivity index is 1.44. The van der Waals surface area contributed by atoms with Gasteiger partial charge in [0.15, 0.2) is 12.0 Å². The van der Waals surface area contributed by atoms with Crippen LogP contribution in [0.1, 0.15) is 36.5 Å². The van der Waals surface area contributed by atoms with Crippen molar-refractivity contribution in [1.82, 2.24) is 19.7 Å². The van der Waals surface area contributed by atoms with Crippen molar-refractivity contribution in [1.29, 1.82) is 0 Å². The largest absolute Gasteiger partial charge is 0.370 e. The van der Waals surface area contributed by atoms with E-state index in [-0.39, 0.29) is 18.3 Å². The smallest absolute Gasteiger partial charge is 0.348 e. The van der Waals surface area contributed by atoms with Crippen LogP contribution in [0.2, 0.25) is 0 Å². The van der Waals surface area contributed by atoms with E-state index >= 15 is 0 Å². The molecule has 27 heavy (non-hydrogen) atoms. The third-order valence-electron chi connectivity index (χ3n) is 5.02. The van der Waals surface area contributed by atoms with E-state index in [1.807, 2.05) is 24.3 Å². The number of anilines is 2. The van der Waals surface area contributed by atoms with Crippen molar-refractivity contribution in [2.75, 3.05) is 16.6 Å². The maximum atomic E-state index is 14.4. The number of benzene rings is 1. The van der Waals surface area contributed by atoms with Crippen LogP contribution in [0, 0.1) is 6.08 Å². The Hall–Kier alpha value is -3.27. The Labute approximate surface area is 152 Å². The predicted octanol–water partition coefficient (Wildman–Crippen LogP) is 2.53. The highest BCUT2D eigenvalue weighted by molar-refractivity contribution is 5.84. The van der Waals surface area contributed by atoms with Gasteiger partial charge in [-0.2, -0.15) is 14.4 Å². The fourth-order valence-electron chi connectivity index (χ4n) is 3.80. The predicted molar refractivity (Wildman–Crippen MR) is 91.9 cm³/mol. The minimum absolute atomic E-state index is 0.150. The molecule has 2 unspecified atom stereocenters. The Bertz CT molecular complexity index is 1060. The van der Waals surface area contributed by atoms with Gasteiger partial charge in [-0.05, 0) is 18.9 Å². The molecule has 2 aromatic heterocycles. The standard InChI is InChI=1S/C17H14FN7O2/c18-16-19-8-13-24(16)11-5-2-1-4-10(11)15-20-9-23(25(13)15)17-21-14(22-27-17)12-6-3-7-26-12/h1-2,4-5,8-9,12,15H,3,6-7H2. The number of halogens is 1. The fraction of sp³-hybridized carbons (Fsp3) is 0.294. The zero-order valence-electron chi connectivity index (χ0n) is 14.1. The molecular formula is C17H14FN7O2. The molecule has 3 aliphatic heterocycles. The van der Waals surface area contributed by atoms with Crippen LogP contribution in [-0.4, -0.2) is 32.6 Å². The van der Waals surface area contributed by atoms with Crippen LogP contribution in [0.5, 0.6) is 0 Å². The number of ether oxygens (including phenoxy) is 1. The van der Waals surface area contributed by atoms with Gasteiger partial charge >= 0.3 is 6.01 Å². The number of hydrazine groups is 1. The molecule has 9 nitrogen and oxygen atoms in total. The van der Waals surface area contributed by atoms with Crippen LogP contribution >= 0.6 is 0 Å². The zero-order chi connectivity index (χ0) is 18.0. The van der Waals surface area contributed by atoms with Crippen molar-refractivity contribution in [3.63, 3.8) is 0 Å². The number of hydrogen-bond acceptors (Lipinski definition) is 8. The number of imidazole rings is 1. The van der Waals surface area contributed by atoms with Crippen LogP contribution in [0.25, 0.3) is 5.69 Å². The van der Waals surface area contributed by atoms with E-state index in [0.29, 0.717) is 23.9 Å². The van der Waals surface area contributed by atoms with Gasteiger partial charge in [-0.3, -0.25) is 4.57 Å². The number of hydrogen-bond donors (Lipinski definition) is 0. The SMILES string of the molecule is Fc1ncc2n1-c1ccccc1C1N=CN(c3nc(C4CCCO4)no3)N21. The monoisotopic (exact) mass is 367 g/mol. The van der Waals surface area contributed by atoms with Crippen molar-refractivity contribution in [2.45, 2.75) is 25.1 Å². The second kappa shape index (κ2) is 5.36. The summed E-state index contributed by atoms with van der Waals surface area (Å²) in [6.45, 7) is 0.698. The first-order valence-corrected chi connectivity index (χ1v) is 8.71. The summed E-state index contributed by atoms with van der Waals surface area (Å²) in [6, 6.07) is 7.78. The molecule has 10 heteroatoms. The summed E-state index contributed by atoms with van der Waals surface area (Å²) >= 11 is 0. The maximum Gasteiger partial charge on any atom is 0.348 e. The zero-order valence-corrected chi connectivity index (χ0v) is 14.1. The first kappa shape index (κ1) is 14.9. The van der Waals surface area contributed by atoms with E-state index in [1.54, 1.807) is 16.4 Å². The highest BCUT2D eigenvalue weighted by Gasteiger charge is 2.41. The summed E-state index contributed by atoms with van der Waals surface area (Å²) in [4.78, 5) is 12.9.